The molecule has 1 rings (SSSR count). The average molecular weight is 207 g/mol. The Kier molecular flexibility index (Phi) is 5.26. The summed E-state index contributed by atoms with van der Waals surface area (Å²) in [5.74, 6) is 0.759. The van der Waals surface area contributed by atoms with E-state index in [9.17, 15) is 0 Å². The first-order valence-corrected chi connectivity index (χ1v) is 5.75. The van der Waals surface area contributed by atoms with Crippen molar-refractivity contribution >= 4 is 0 Å². The first-order valence-electron chi connectivity index (χ1n) is 5.75. The third-order valence-corrected chi connectivity index (χ3v) is 3.00. The second-order valence-electron chi connectivity index (χ2n) is 3.99. The minimum Gasteiger partial charge on any atom is -0.310 e. The van der Waals surface area contributed by atoms with E-state index in [2.05, 4.69) is 36.1 Å². The molecule has 15 heavy (non-hydrogen) atoms. The summed E-state index contributed by atoms with van der Waals surface area (Å²) in [7, 11) is 0. The van der Waals surface area contributed by atoms with Gasteiger partial charge in [-0.1, -0.05) is 26.7 Å². The Labute approximate surface area is 92.3 Å². The van der Waals surface area contributed by atoms with Crippen molar-refractivity contribution < 1.29 is 0 Å². The number of aromatic nitrogens is 2. The van der Waals surface area contributed by atoms with Crippen LogP contribution < -0.4 is 5.32 Å². The van der Waals surface area contributed by atoms with Gasteiger partial charge in [-0.05, 0) is 12.8 Å². The van der Waals surface area contributed by atoms with Crippen LogP contribution in [0.3, 0.4) is 0 Å². The smallest absolute Gasteiger partial charge is 0.115 e. The quantitative estimate of drug-likeness (QED) is 0.778. The molecule has 0 fully saturated rings. The van der Waals surface area contributed by atoms with Gasteiger partial charge in [0.15, 0.2) is 0 Å². The van der Waals surface area contributed by atoms with Gasteiger partial charge in [-0.25, -0.2) is 9.97 Å². The maximum Gasteiger partial charge on any atom is 0.115 e. The molecule has 0 aliphatic rings. The van der Waals surface area contributed by atoms with Crippen molar-refractivity contribution in [1.82, 2.24) is 15.3 Å². The molecule has 0 aliphatic carbocycles. The van der Waals surface area contributed by atoms with Gasteiger partial charge in [0.2, 0.25) is 0 Å². The van der Waals surface area contributed by atoms with Crippen LogP contribution in [0.5, 0.6) is 0 Å². The summed E-state index contributed by atoms with van der Waals surface area (Å²) >= 11 is 0. The molecule has 0 aromatic carbocycles. The topological polar surface area (TPSA) is 37.8 Å². The van der Waals surface area contributed by atoms with Crippen LogP contribution >= 0.6 is 0 Å². The Balaban J connectivity index is 2.36. The van der Waals surface area contributed by atoms with Crippen LogP contribution in [0.15, 0.2) is 18.7 Å². The number of rotatable bonds is 6. The zero-order chi connectivity index (χ0) is 11.1. The van der Waals surface area contributed by atoms with Crippen molar-refractivity contribution in [2.24, 2.45) is 5.92 Å². The van der Waals surface area contributed by atoms with Crippen molar-refractivity contribution in [3.63, 3.8) is 0 Å². The Morgan fingerprint density at radius 2 is 1.80 bits per heavy atom. The predicted molar refractivity (Wildman–Crippen MR) is 62.4 cm³/mol. The van der Waals surface area contributed by atoms with E-state index in [0.29, 0.717) is 6.04 Å². The van der Waals surface area contributed by atoms with Gasteiger partial charge >= 0.3 is 0 Å². The van der Waals surface area contributed by atoms with Gasteiger partial charge in [-0.15, -0.1) is 0 Å². The molecular weight excluding hydrogens is 186 g/mol. The van der Waals surface area contributed by atoms with Crippen LogP contribution in [-0.4, -0.2) is 16.0 Å². The molecular formula is C12H21N3. The lowest BCUT2D eigenvalue weighted by Gasteiger charge is -2.22. The van der Waals surface area contributed by atoms with Crippen LogP contribution in [0.4, 0.5) is 0 Å². The third-order valence-electron chi connectivity index (χ3n) is 3.00. The summed E-state index contributed by atoms with van der Waals surface area (Å²) in [5, 5.41) is 3.52. The SMILES string of the molecule is CCC(CC)C(C)NCc1cncnc1. The van der Waals surface area contributed by atoms with Crippen LogP contribution in [0.25, 0.3) is 0 Å². The minimum atomic E-state index is 0.556. The molecule has 1 atom stereocenters. The highest BCUT2D eigenvalue weighted by Crippen LogP contribution is 2.12. The summed E-state index contributed by atoms with van der Waals surface area (Å²) in [4.78, 5) is 7.99. The zero-order valence-electron chi connectivity index (χ0n) is 9.90. The summed E-state index contributed by atoms with van der Waals surface area (Å²) in [6.07, 6.45) is 7.75. The summed E-state index contributed by atoms with van der Waals surface area (Å²) < 4.78 is 0. The van der Waals surface area contributed by atoms with Crippen molar-refractivity contribution in [2.75, 3.05) is 0 Å². The zero-order valence-corrected chi connectivity index (χ0v) is 9.90. The normalized spacial score (nSPS) is 13.1. The lowest BCUT2D eigenvalue weighted by atomic mass is 9.95. The first kappa shape index (κ1) is 12.1. The molecule has 3 nitrogen and oxygen atoms in total. The predicted octanol–water partition coefficient (Wildman–Crippen LogP) is 2.39. The molecule has 0 radical (unpaired) electrons. The molecule has 0 bridgehead atoms. The number of nitrogens with one attached hydrogen (secondary N) is 1. The largest absolute Gasteiger partial charge is 0.310 e. The van der Waals surface area contributed by atoms with Crippen molar-refractivity contribution in [3.05, 3.63) is 24.3 Å². The molecule has 0 saturated carbocycles. The van der Waals surface area contributed by atoms with Crippen LogP contribution in [0.1, 0.15) is 39.2 Å². The molecule has 1 aromatic heterocycles. The molecule has 1 unspecified atom stereocenters. The average Bonchev–Trinajstić information content (AvgIpc) is 2.29. The lowest BCUT2D eigenvalue weighted by molar-refractivity contribution is 0.353. The second-order valence-corrected chi connectivity index (χ2v) is 3.99. The highest BCUT2D eigenvalue weighted by atomic mass is 14.9. The van der Waals surface area contributed by atoms with Gasteiger partial charge in [0.1, 0.15) is 6.33 Å². The first-order chi connectivity index (χ1) is 7.27. The van der Waals surface area contributed by atoms with Gasteiger partial charge in [0.25, 0.3) is 0 Å². The highest BCUT2D eigenvalue weighted by molar-refractivity contribution is 5.01. The van der Waals surface area contributed by atoms with Crippen molar-refractivity contribution in [3.8, 4) is 0 Å². The van der Waals surface area contributed by atoms with E-state index in [1.54, 1.807) is 6.33 Å². The monoisotopic (exact) mass is 207 g/mol. The number of nitrogens with zero attached hydrogens (tertiary/aromatic N) is 2. The highest BCUT2D eigenvalue weighted by Gasteiger charge is 2.12. The maximum atomic E-state index is 4.00. The third kappa shape index (κ3) is 3.96. The van der Waals surface area contributed by atoms with Gasteiger partial charge in [-0.3, -0.25) is 0 Å². The minimum absolute atomic E-state index is 0.556. The van der Waals surface area contributed by atoms with Crippen LogP contribution in [0, 0.1) is 5.92 Å². The molecule has 3 heteroatoms. The molecule has 0 aliphatic heterocycles. The fourth-order valence-corrected chi connectivity index (χ4v) is 1.86. The van der Waals surface area contributed by atoms with E-state index >= 15 is 0 Å². The van der Waals surface area contributed by atoms with E-state index in [-0.39, 0.29) is 0 Å². The van der Waals surface area contributed by atoms with Crippen LogP contribution in [-0.2, 0) is 6.54 Å². The Hall–Kier alpha value is -0.960. The van der Waals surface area contributed by atoms with Crippen molar-refractivity contribution in [1.29, 1.82) is 0 Å². The van der Waals surface area contributed by atoms with E-state index in [1.165, 1.54) is 12.8 Å². The van der Waals surface area contributed by atoms with Gasteiger partial charge in [-0.2, -0.15) is 0 Å². The van der Waals surface area contributed by atoms with E-state index in [4.69, 9.17) is 0 Å². The maximum absolute atomic E-state index is 4.00. The van der Waals surface area contributed by atoms with Gasteiger partial charge < -0.3 is 5.32 Å². The van der Waals surface area contributed by atoms with Crippen molar-refractivity contribution in [2.45, 2.75) is 46.2 Å². The Morgan fingerprint density at radius 1 is 1.20 bits per heavy atom. The van der Waals surface area contributed by atoms with E-state index in [1.807, 2.05) is 12.4 Å². The molecule has 0 saturated heterocycles. The van der Waals surface area contributed by atoms with E-state index < -0.39 is 0 Å². The fourth-order valence-electron chi connectivity index (χ4n) is 1.86. The molecule has 1 aromatic rings. The molecule has 0 amide bonds. The number of hydrogen-bond acceptors (Lipinski definition) is 3. The van der Waals surface area contributed by atoms with Gasteiger partial charge in [0.05, 0.1) is 0 Å². The van der Waals surface area contributed by atoms with Crippen LogP contribution in [0.2, 0.25) is 0 Å². The lowest BCUT2D eigenvalue weighted by Crippen LogP contribution is -2.32. The molecule has 1 N–H and O–H groups in total. The Bertz CT molecular complexity index is 257. The molecule has 84 valence electrons. The molecule has 0 spiro atoms. The standard InChI is InChI=1S/C12H21N3/c1-4-12(5-2)10(3)15-8-11-6-13-9-14-7-11/h6-7,9-10,12,15H,4-5,8H2,1-3H3. The summed E-state index contributed by atoms with van der Waals surface area (Å²) in [6, 6.07) is 0.556. The summed E-state index contributed by atoms with van der Waals surface area (Å²) in [6.45, 7) is 7.61. The second kappa shape index (κ2) is 6.51. The van der Waals surface area contributed by atoms with E-state index in [0.717, 1.165) is 18.0 Å². The Morgan fingerprint density at radius 3 is 2.33 bits per heavy atom. The molecule has 1 heterocycles. The van der Waals surface area contributed by atoms with Gasteiger partial charge in [0, 0.05) is 30.5 Å². The number of hydrogen-bond donors (Lipinski definition) is 1. The summed E-state index contributed by atoms with van der Waals surface area (Å²) in [5.41, 5.74) is 1.15. The fraction of sp³-hybridized carbons (Fsp3) is 0.667.